The molecule has 13 heavy (non-hydrogen) atoms. The largest absolute Gasteiger partial charge is 0.480 e. The molecule has 1 fully saturated rings. The van der Waals surface area contributed by atoms with Crippen molar-refractivity contribution in [3.05, 3.63) is 0 Å². The first-order valence-electron chi connectivity index (χ1n) is 4.36. The lowest BCUT2D eigenvalue weighted by Crippen LogP contribution is -2.45. The van der Waals surface area contributed by atoms with Crippen LogP contribution >= 0.6 is 0 Å². The molecule has 0 aromatic carbocycles. The number of carbonyl (C=O) groups is 2. The second-order valence-corrected chi connectivity index (χ2v) is 4.19. The number of rotatable bonds is 1. The summed E-state index contributed by atoms with van der Waals surface area (Å²) in [7, 11) is 0. The molecule has 1 atom stereocenters. The molecule has 1 saturated heterocycles. The normalized spacial score (nSPS) is 26.1. The van der Waals surface area contributed by atoms with E-state index in [0.29, 0.717) is 6.54 Å². The van der Waals surface area contributed by atoms with E-state index in [4.69, 9.17) is 5.11 Å². The van der Waals surface area contributed by atoms with E-state index in [1.807, 2.05) is 13.8 Å². The van der Waals surface area contributed by atoms with E-state index >= 15 is 0 Å². The number of carboxylic acid groups (broad SMARTS) is 1. The average Bonchev–Trinajstić information content (AvgIpc) is 2.24. The van der Waals surface area contributed by atoms with E-state index in [1.165, 1.54) is 11.8 Å². The summed E-state index contributed by atoms with van der Waals surface area (Å²) in [5.41, 5.74) is -0.308. The Morgan fingerprint density at radius 1 is 1.46 bits per heavy atom. The number of nitrogens with zero attached hydrogens (tertiary/aromatic N) is 1. The van der Waals surface area contributed by atoms with Crippen molar-refractivity contribution >= 4 is 11.9 Å². The number of hydrogen-bond donors (Lipinski definition) is 1. The fraction of sp³-hybridized carbons (Fsp3) is 0.778. The first-order valence-corrected chi connectivity index (χ1v) is 4.36. The molecule has 0 aromatic rings. The van der Waals surface area contributed by atoms with Gasteiger partial charge in [0.1, 0.15) is 6.04 Å². The molecule has 1 heterocycles. The molecular formula is C9H15NO3. The van der Waals surface area contributed by atoms with Gasteiger partial charge in [-0.25, -0.2) is 4.79 Å². The van der Waals surface area contributed by atoms with Crippen molar-refractivity contribution in [1.29, 1.82) is 0 Å². The highest BCUT2D eigenvalue weighted by molar-refractivity contribution is 5.83. The van der Waals surface area contributed by atoms with Crippen molar-refractivity contribution in [2.75, 3.05) is 6.54 Å². The van der Waals surface area contributed by atoms with Crippen LogP contribution in [0.4, 0.5) is 0 Å². The lowest BCUT2D eigenvalue weighted by Gasteiger charge is -2.28. The first kappa shape index (κ1) is 10.0. The molecule has 1 aliphatic heterocycles. The highest BCUT2D eigenvalue weighted by atomic mass is 16.4. The van der Waals surface area contributed by atoms with Gasteiger partial charge in [0.15, 0.2) is 0 Å². The van der Waals surface area contributed by atoms with Gasteiger partial charge in [-0.3, -0.25) is 4.79 Å². The van der Waals surface area contributed by atoms with Gasteiger partial charge in [0.25, 0.3) is 0 Å². The molecule has 4 heteroatoms. The van der Waals surface area contributed by atoms with Gasteiger partial charge in [0.2, 0.25) is 5.91 Å². The maximum Gasteiger partial charge on any atom is 0.326 e. The lowest BCUT2D eigenvalue weighted by atomic mass is 9.85. The molecule has 1 N–H and O–H groups in total. The highest BCUT2D eigenvalue weighted by Gasteiger charge is 2.46. The molecule has 1 rings (SSSR count). The Balaban J connectivity index is 2.92. The number of aliphatic carboxylic acids is 1. The van der Waals surface area contributed by atoms with Crippen LogP contribution < -0.4 is 0 Å². The monoisotopic (exact) mass is 185 g/mol. The van der Waals surface area contributed by atoms with E-state index in [-0.39, 0.29) is 11.3 Å². The van der Waals surface area contributed by atoms with Crippen molar-refractivity contribution < 1.29 is 14.7 Å². The third-order valence-corrected chi connectivity index (χ3v) is 2.69. The number of likely N-dealkylation sites (tertiary alicyclic amines) is 1. The van der Waals surface area contributed by atoms with Crippen LogP contribution in [0.15, 0.2) is 0 Å². The fourth-order valence-electron chi connectivity index (χ4n) is 1.90. The molecular weight excluding hydrogens is 170 g/mol. The van der Waals surface area contributed by atoms with Crippen LogP contribution in [-0.2, 0) is 9.59 Å². The Bertz CT molecular complexity index is 247. The molecule has 4 nitrogen and oxygen atoms in total. The van der Waals surface area contributed by atoms with Gasteiger partial charge >= 0.3 is 5.97 Å². The average molecular weight is 185 g/mol. The van der Waals surface area contributed by atoms with E-state index in [2.05, 4.69) is 0 Å². The summed E-state index contributed by atoms with van der Waals surface area (Å²) < 4.78 is 0. The predicted octanol–water partition coefficient (Wildman–Crippen LogP) is 0.718. The van der Waals surface area contributed by atoms with Crippen LogP contribution in [0, 0.1) is 5.41 Å². The smallest absolute Gasteiger partial charge is 0.326 e. The second kappa shape index (κ2) is 3.01. The van der Waals surface area contributed by atoms with Gasteiger partial charge in [-0.2, -0.15) is 0 Å². The van der Waals surface area contributed by atoms with Crippen LogP contribution in [0.2, 0.25) is 0 Å². The minimum absolute atomic E-state index is 0.155. The van der Waals surface area contributed by atoms with Crippen LogP contribution in [-0.4, -0.2) is 34.5 Å². The third-order valence-electron chi connectivity index (χ3n) is 2.69. The quantitative estimate of drug-likeness (QED) is 0.654. The Labute approximate surface area is 77.5 Å². The lowest BCUT2D eigenvalue weighted by molar-refractivity contribution is -0.150. The zero-order chi connectivity index (χ0) is 10.2. The minimum Gasteiger partial charge on any atom is -0.480 e. The molecule has 0 bridgehead atoms. The Morgan fingerprint density at radius 3 is 2.31 bits per heavy atom. The van der Waals surface area contributed by atoms with Gasteiger partial charge in [-0.1, -0.05) is 13.8 Å². The highest BCUT2D eigenvalue weighted by Crippen LogP contribution is 2.36. The van der Waals surface area contributed by atoms with E-state index < -0.39 is 12.0 Å². The molecule has 0 aliphatic carbocycles. The molecule has 74 valence electrons. The standard InChI is InChI=1S/C9H15NO3/c1-6(11)10-5-4-9(2,3)7(10)8(12)13/h7H,4-5H2,1-3H3,(H,12,13). The van der Waals surface area contributed by atoms with Crippen molar-refractivity contribution in [2.45, 2.75) is 33.2 Å². The van der Waals surface area contributed by atoms with Crippen molar-refractivity contribution in [2.24, 2.45) is 5.41 Å². The molecule has 0 aromatic heterocycles. The van der Waals surface area contributed by atoms with Gasteiger partial charge in [0.05, 0.1) is 0 Å². The zero-order valence-corrected chi connectivity index (χ0v) is 8.20. The van der Waals surface area contributed by atoms with Gasteiger partial charge in [-0.05, 0) is 11.8 Å². The van der Waals surface area contributed by atoms with Crippen molar-refractivity contribution in [3.63, 3.8) is 0 Å². The minimum atomic E-state index is -0.905. The van der Waals surface area contributed by atoms with Crippen LogP contribution in [0.3, 0.4) is 0 Å². The number of hydrogen-bond acceptors (Lipinski definition) is 2. The van der Waals surface area contributed by atoms with Crippen LogP contribution in [0.25, 0.3) is 0 Å². The Hall–Kier alpha value is -1.06. The zero-order valence-electron chi connectivity index (χ0n) is 8.20. The topological polar surface area (TPSA) is 57.6 Å². The molecule has 1 aliphatic rings. The summed E-state index contributed by atoms with van der Waals surface area (Å²) in [5, 5.41) is 8.97. The second-order valence-electron chi connectivity index (χ2n) is 4.19. The van der Waals surface area contributed by atoms with Crippen molar-refractivity contribution in [3.8, 4) is 0 Å². The summed E-state index contributed by atoms with van der Waals surface area (Å²) in [5.74, 6) is -1.06. The SMILES string of the molecule is CC(=O)N1CCC(C)(C)C1C(=O)O. The predicted molar refractivity (Wildman–Crippen MR) is 47.2 cm³/mol. The molecule has 1 amide bonds. The Morgan fingerprint density at radius 2 is 2.00 bits per heavy atom. The van der Waals surface area contributed by atoms with E-state index in [1.54, 1.807) is 0 Å². The third kappa shape index (κ3) is 1.66. The maximum atomic E-state index is 11.1. The van der Waals surface area contributed by atoms with Gasteiger partial charge < -0.3 is 10.0 Å². The van der Waals surface area contributed by atoms with E-state index in [9.17, 15) is 9.59 Å². The Kier molecular flexibility index (Phi) is 2.32. The summed E-state index contributed by atoms with van der Waals surface area (Å²) in [6, 6.07) is -0.662. The van der Waals surface area contributed by atoms with E-state index in [0.717, 1.165) is 6.42 Å². The van der Waals surface area contributed by atoms with Crippen molar-refractivity contribution in [1.82, 2.24) is 4.90 Å². The summed E-state index contributed by atoms with van der Waals surface area (Å²) in [6.45, 7) is 5.74. The number of carbonyl (C=O) groups excluding carboxylic acids is 1. The summed E-state index contributed by atoms with van der Waals surface area (Å²) in [6.07, 6.45) is 0.754. The molecule has 1 unspecified atom stereocenters. The van der Waals surface area contributed by atoms with Gasteiger partial charge in [0, 0.05) is 13.5 Å². The molecule has 0 spiro atoms. The summed E-state index contributed by atoms with van der Waals surface area (Å²) in [4.78, 5) is 23.5. The van der Waals surface area contributed by atoms with Crippen LogP contribution in [0.5, 0.6) is 0 Å². The first-order chi connectivity index (χ1) is 5.86. The molecule has 0 saturated carbocycles. The summed E-state index contributed by atoms with van der Waals surface area (Å²) >= 11 is 0. The fourth-order valence-corrected chi connectivity index (χ4v) is 1.90. The molecule has 0 radical (unpaired) electrons. The van der Waals surface area contributed by atoms with Gasteiger partial charge in [-0.15, -0.1) is 0 Å². The van der Waals surface area contributed by atoms with Crippen LogP contribution in [0.1, 0.15) is 27.2 Å². The number of carboxylic acids is 1. The number of amides is 1. The maximum absolute atomic E-state index is 11.1.